The number of imide groups is 1. The highest BCUT2D eigenvalue weighted by molar-refractivity contribution is 6.30. The lowest BCUT2D eigenvalue weighted by atomic mass is 9.92. The maximum Gasteiger partial charge on any atom is 0.331 e. The lowest BCUT2D eigenvalue weighted by molar-refractivity contribution is -0.127. The van der Waals surface area contributed by atoms with Gasteiger partial charge >= 0.3 is 6.03 Å². The van der Waals surface area contributed by atoms with Crippen LogP contribution in [0.2, 0.25) is 5.02 Å². The number of carbonyl (C=O) groups is 2. The van der Waals surface area contributed by atoms with Crippen molar-refractivity contribution in [2.24, 2.45) is 0 Å². The average molecular weight is 265 g/mol. The topological polar surface area (TPSA) is 40.6 Å². The Hall–Kier alpha value is -1.55. The van der Waals surface area contributed by atoms with Gasteiger partial charge in [-0.05, 0) is 43.5 Å². The van der Waals surface area contributed by atoms with Gasteiger partial charge in [0.1, 0.15) is 6.54 Å². The van der Waals surface area contributed by atoms with Gasteiger partial charge in [0.2, 0.25) is 0 Å². The molecule has 1 aliphatic heterocycles. The van der Waals surface area contributed by atoms with E-state index in [2.05, 4.69) is 0 Å². The summed E-state index contributed by atoms with van der Waals surface area (Å²) in [5, 5.41) is 0.618. The Morgan fingerprint density at radius 2 is 1.78 bits per heavy atom. The smallest absolute Gasteiger partial charge is 0.285 e. The largest absolute Gasteiger partial charge is 0.331 e. The first-order chi connectivity index (χ1) is 8.66. The van der Waals surface area contributed by atoms with Crippen molar-refractivity contribution in [1.82, 2.24) is 4.90 Å². The van der Waals surface area contributed by atoms with Gasteiger partial charge in [0.05, 0.1) is 0 Å². The number of hydrogen-bond donors (Lipinski definition) is 0. The second-order valence-electron chi connectivity index (χ2n) is 4.69. The van der Waals surface area contributed by atoms with Crippen LogP contribution in [0.5, 0.6) is 0 Å². The SMILES string of the molecule is O=C1CN(c2ccc(Cl)cc2)C(=O)N1C1CCC1. The van der Waals surface area contributed by atoms with E-state index in [-0.39, 0.29) is 24.5 Å². The third kappa shape index (κ3) is 1.77. The Labute approximate surface area is 110 Å². The minimum atomic E-state index is -0.202. The van der Waals surface area contributed by atoms with Crippen LogP contribution < -0.4 is 4.90 Å². The fourth-order valence-electron chi connectivity index (χ4n) is 2.34. The molecule has 3 rings (SSSR count). The van der Waals surface area contributed by atoms with Crippen molar-refractivity contribution in [2.45, 2.75) is 25.3 Å². The van der Waals surface area contributed by atoms with Gasteiger partial charge in [-0.1, -0.05) is 11.6 Å². The first-order valence-corrected chi connectivity index (χ1v) is 6.44. The Morgan fingerprint density at radius 1 is 1.11 bits per heavy atom. The molecule has 4 nitrogen and oxygen atoms in total. The van der Waals surface area contributed by atoms with Crippen molar-refractivity contribution in [3.63, 3.8) is 0 Å². The molecular formula is C13H13ClN2O2. The van der Waals surface area contributed by atoms with Crippen molar-refractivity contribution >= 4 is 29.2 Å². The highest BCUT2D eigenvalue weighted by Crippen LogP contribution is 2.30. The van der Waals surface area contributed by atoms with Gasteiger partial charge < -0.3 is 0 Å². The Morgan fingerprint density at radius 3 is 2.33 bits per heavy atom. The van der Waals surface area contributed by atoms with Crippen LogP contribution in [0.3, 0.4) is 0 Å². The molecule has 0 bridgehead atoms. The van der Waals surface area contributed by atoms with Crippen LogP contribution in [0.25, 0.3) is 0 Å². The predicted molar refractivity (Wildman–Crippen MR) is 68.7 cm³/mol. The average Bonchev–Trinajstić information content (AvgIpc) is 2.56. The minimum Gasteiger partial charge on any atom is -0.285 e. The molecule has 18 heavy (non-hydrogen) atoms. The number of halogens is 1. The van der Waals surface area contributed by atoms with E-state index < -0.39 is 0 Å². The zero-order valence-corrected chi connectivity index (χ0v) is 10.6. The molecular weight excluding hydrogens is 252 g/mol. The van der Waals surface area contributed by atoms with E-state index in [0.29, 0.717) is 5.02 Å². The predicted octanol–water partition coefficient (Wildman–Crippen LogP) is 2.66. The molecule has 0 unspecified atom stereocenters. The summed E-state index contributed by atoms with van der Waals surface area (Å²) in [6.45, 7) is 0.136. The van der Waals surface area contributed by atoms with E-state index in [0.717, 1.165) is 24.9 Å². The van der Waals surface area contributed by atoms with E-state index in [1.165, 1.54) is 9.80 Å². The molecule has 2 fully saturated rings. The number of urea groups is 1. The monoisotopic (exact) mass is 264 g/mol. The molecule has 0 N–H and O–H groups in total. The number of anilines is 1. The van der Waals surface area contributed by atoms with Crippen molar-refractivity contribution < 1.29 is 9.59 Å². The van der Waals surface area contributed by atoms with Gasteiger partial charge in [0, 0.05) is 16.8 Å². The van der Waals surface area contributed by atoms with Gasteiger partial charge in [0.15, 0.2) is 0 Å². The zero-order valence-electron chi connectivity index (χ0n) is 9.80. The second kappa shape index (κ2) is 4.28. The standard InChI is InChI=1S/C13H13ClN2O2/c14-9-4-6-10(7-5-9)15-8-12(17)16(13(15)18)11-2-1-3-11/h4-7,11H,1-3,8H2. The fourth-order valence-corrected chi connectivity index (χ4v) is 2.47. The minimum absolute atomic E-state index is 0.0975. The Bertz CT molecular complexity index is 496. The molecule has 5 heteroatoms. The van der Waals surface area contributed by atoms with E-state index in [9.17, 15) is 9.59 Å². The van der Waals surface area contributed by atoms with Gasteiger partial charge in [-0.15, -0.1) is 0 Å². The second-order valence-corrected chi connectivity index (χ2v) is 5.13. The Balaban J connectivity index is 1.84. The summed E-state index contributed by atoms with van der Waals surface area (Å²) in [6, 6.07) is 6.88. The molecule has 94 valence electrons. The van der Waals surface area contributed by atoms with E-state index in [1.54, 1.807) is 24.3 Å². The van der Waals surface area contributed by atoms with Crippen LogP contribution in [0.4, 0.5) is 10.5 Å². The van der Waals surface area contributed by atoms with Gasteiger partial charge in [0.25, 0.3) is 5.91 Å². The summed E-state index contributed by atoms with van der Waals surface area (Å²) in [4.78, 5) is 27.1. The molecule has 1 saturated heterocycles. The molecule has 1 aromatic rings. The summed E-state index contributed by atoms with van der Waals surface area (Å²) in [6.07, 6.45) is 2.97. The van der Waals surface area contributed by atoms with Crippen molar-refractivity contribution in [3.05, 3.63) is 29.3 Å². The molecule has 1 heterocycles. The summed E-state index contributed by atoms with van der Waals surface area (Å²) in [7, 11) is 0. The maximum atomic E-state index is 12.2. The van der Waals surface area contributed by atoms with Gasteiger partial charge in [-0.25, -0.2) is 4.79 Å². The van der Waals surface area contributed by atoms with Gasteiger partial charge in [-0.2, -0.15) is 0 Å². The molecule has 0 atom stereocenters. The first-order valence-electron chi connectivity index (χ1n) is 6.06. The first kappa shape index (κ1) is 11.5. The van der Waals surface area contributed by atoms with Crippen molar-refractivity contribution in [3.8, 4) is 0 Å². The van der Waals surface area contributed by atoms with Crippen molar-refractivity contribution in [2.75, 3.05) is 11.4 Å². The van der Waals surface area contributed by atoms with E-state index in [1.807, 2.05) is 0 Å². The highest BCUT2D eigenvalue weighted by Gasteiger charge is 2.42. The molecule has 1 aromatic carbocycles. The molecule has 0 spiro atoms. The molecule has 2 aliphatic rings. The van der Waals surface area contributed by atoms with Crippen LogP contribution in [0.1, 0.15) is 19.3 Å². The molecule has 0 radical (unpaired) electrons. The number of nitrogens with zero attached hydrogens (tertiary/aromatic N) is 2. The number of hydrogen-bond acceptors (Lipinski definition) is 2. The number of rotatable bonds is 2. The van der Waals surface area contributed by atoms with Crippen LogP contribution in [-0.4, -0.2) is 29.4 Å². The quantitative estimate of drug-likeness (QED) is 0.771. The number of amides is 3. The lowest BCUT2D eigenvalue weighted by Gasteiger charge is -2.32. The summed E-state index contributed by atoms with van der Waals surface area (Å²) >= 11 is 5.81. The third-order valence-electron chi connectivity index (χ3n) is 3.58. The lowest BCUT2D eigenvalue weighted by Crippen LogP contribution is -2.44. The van der Waals surface area contributed by atoms with Crippen molar-refractivity contribution in [1.29, 1.82) is 0 Å². The summed E-state index contributed by atoms with van der Waals surface area (Å²) in [5.74, 6) is -0.0975. The number of benzene rings is 1. The van der Waals surface area contributed by atoms with Crippen LogP contribution >= 0.6 is 11.6 Å². The molecule has 0 aromatic heterocycles. The number of carbonyl (C=O) groups excluding carboxylic acids is 2. The van der Waals surface area contributed by atoms with Crippen LogP contribution in [0, 0.1) is 0 Å². The summed E-state index contributed by atoms with van der Waals surface area (Å²) < 4.78 is 0. The Kier molecular flexibility index (Phi) is 2.74. The fraction of sp³-hybridized carbons (Fsp3) is 0.385. The maximum absolute atomic E-state index is 12.2. The van der Waals surface area contributed by atoms with E-state index in [4.69, 9.17) is 11.6 Å². The normalized spacial score (nSPS) is 20.5. The van der Waals surface area contributed by atoms with E-state index >= 15 is 0 Å². The summed E-state index contributed by atoms with van der Waals surface area (Å²) in [5.41, 5.74) is 0.722. The van der Waals surface area contributed by atoms with Crippen LogP contribution in [-0.2, 0) is 4.79 Å². The van der Waals surface area contributed by atoms with Gasteiger partial charge in [-0.3, -0.25) is 14.6 Å². The molecule has 1 saturated carbocycles. The third-order valence-corrected chi connectivity index (χ3v) is 3.83. The zero-order chi connectivity index (χ0) is 12.7. The molecule has 1 aliphatic carbocycles. The highest BCUT2D eigenvalue weighted by atomic mass is 35.5. The molecule has 3 amide bonds. The van der Waals surface area contributed by atoms with Crippen LogP contribution in [0.15, 0.2) is 24.3 Å².